The van der Waals surface area contributed by atoms with E-state index >= 15 is 0 Å². The maximum atomic E-state index is 10.9. The lowest BCUT2D eigenvalue weighted by Crippen LogP contribution is -1.94. The van der Waals surface area contributed by atoms with Crippen molar-refractivity contribution in [3.8, 4) is 11.4 Å². The maximum Gasteiger partial charge on any atom is 0.264 e. The molecule has 2 aromatic rings. The van der Waals surface area contributed by atoms with Crippen molar-refractivity contribution >= 4 is 0 Å². The monoisotopic (exact) mass is 178 g/mol. The molecule has 0 atom stereocenters. The van der Waals surface area contributed by atoms with Crippen LogP contribution < -0.4 is 5.56 Å². The van der Waals surface area contributed by atoms with Crippen LogP contribution in [0.4, 0.5) is 0 Å². The summed E-state index contributed by atoms with van der Waals surface area (Å²) in [6, 6.07) is 3.43. The topological polar surface area (TPSA) is 66.5 Å². The number of H-pyrrole nitrogens is 2. The molecule has 0 aliphatic heterocycles. The molecule has 68 valence electrons. The van der Waals surface area contributed by atoms with Crippen LogP contribution in [0.1, 0.15) is 5.69 Å². The summed E-state index contributed by atoms with van der Waals surface area (Å²) in [5, 5.41) is 9.44. The summed E-state index contributed by atoms with van der Waals surface area (Å²) in [5.41, 5.74) is 2.46. The lowest BCUT2D eigenvalue weighted by atomic mass is 10.3. The molecule has 5 heteroatoms. The summed E-state index contributed by atoms with van der Waals surface area (Å²) < 4.78 is 1.73. The molecule has 0 fully saturated rings. The van der Waals surface area contributed by atoms with Crippen molar-refractivity contribution in [1.82, 2.24) is 20.0 Å². The van der Waals surface area contributed by atoms with Gasteiger partial charge in [0.05, 0.1) is 17.1 Å². The third-order valence-corrected chi connectivity index (χ3v) is 1.87. The lowest BCUT2D eigenvalue weighted by molar-refractivity contribution is 0.761. The molecule has 0 unspecified atom stereocenters. The summed E-state index contributed by atoms with van der Waals surface area (Å²) in [4.78, 5) is 10.9. The summed E-state index contributed by atoms with van der Waals surface area (Å²) >= 11 is 0. The minimum absolute atomic E-state index is 0.131. The van der Waals surface area contributed by atoms with Gasteiger partial charge in [-0.25, -0.2) is 0 Å². The number of hydrogen-bond donors (Lipinski definition) is 2. The molecule has 0 radical (unpaired) electrons. The first-order valence-corrected chi connectivity index (χ1v) is 3.95. The molecule has 0 amide bonds. The first-order chi connectivity index (χ1) is 6.16. The Morgan fingerprint density at radius 3 is 2.62 bits per heavy atom. The van der Waals surface area contributed by atoms with E-state index in [9.17, 15) is 4.79 Å². The Labute approximate surface area is 74.4 Å². The highest BCUT2D eigenvalue weighted by atomic mass is 16.1. The minimum Gasteiger partial charge on any atom is -0.296 e. The number of aromatic nitrogens is 4. The van der Waals surface area contributed by atoms with Crippen LogP contribution in [-0.2, 0) is 7.05 Å². The van der Waals surface area contributed by atoms with E-state index in [1.165, 1.54) is 6.07 Å². The fraction of sp³-hybridized carbons (Fsp3) is 0.250. The molecular formula is C8H10N4O. The first kappa shape index (κ1) is 7.85. The van der Waals surface area contributed by atoms with Crippen LogP contribution in [0.15, 0.2) is 16.9 Å². The molecule has 5 nitrogen and oxygen atoms in total. The van der Waals surface area contributed by atoms with Gasteiger partial charge in [-0.15, -0.1) is 0 Å². The fourth-order valence-electron chi connectivity index (χ4n) is 1.33. The fourth-order valence-corrected chi connectivity index (χ4v) is 1.33. The first-order valence-electron chi connectivity index (χ1n) is 3.95. The van der Waals surface area contributed by atoms with Crippen LogP contribution in [0.5, 0.6) is 0 Å². The van der Waals surface area contributed by atoms with Crippen molar-refractivity contribution in [1.29, 1.82) is 0 Å². The smallest absolute Gasteiger partial charge is 0.264 e. The van der Waals surface area contributed by atoms with E-state index in [0.717, 1.165) is 17.1 Å². The number of aromatic amines is 2. The van der Waals surface area contributed by atoms with Gasteiger partial charge in [-0.05, 0) is 13.0 Å². The zero-order valence-corrected chi connectivity index (χ0v) is 7.46. The van der Waals surface area contributed by atoms with Crippen LogP contribution in [0.25, 0.3) is 11.4 Å². The predicted molar refractivity (Wildman–Crippen MR) is 48.4 cm³/mol. The molecule has 0 aromatic carbocycles. The SMILES string of the molecule is Cc1cc(-c2cc(=O)[nH][nH]2)n(C)n1. The number of aryl methyl sites for hydroxylation is 2. The van der Waals surface area contributed by atoms with Crippen molar-refractivity contribution < 1.29 is 0 Å². The molecule has 13 heavy (non-hydrogen) atoms. The molecule has 0 aliphatic carbocycles. The normalized spacial score (nSPS) is 10.6. The number of hydrogen-bond acceptors (Lipinski definition) is 2. The minimum atomic E-state index is -0.131. The highest BCUT2D eigenvalue weighted by Gasteiger charge is 2.06. The van der Waals surface area contributed by atoms with Crippen molar-refractivity contribution in [3.05, 3.63) is 28.2 Å². The Hall–Kier alpha value is -1.78. The third kappa shape index (κ3) is 1.28. The Kier molecular flexibility index (Phi) is 1.58. The van der Waals surface area contributed by atoms with E-state index in [4.69, 9.17) is 0 Å². The Balaban J connectivity index is 2.57. The molecule has 0 aliphatic rings. The zero-order chi connectivity index (χ0) is 9.42. The van der Waals surface area contributed by atoms with Gasteiger partial charge in [0.2, 0.25) is 0 Å². The molecule has 0 saturated heterocycles. The standard InChI is InChI=1S/C8H10N4O/c1-5-3-7(12(2)11-5)6-4-8(13)10-9-6/h3-4H,1-2H3,(H2,9,10,13). The van der Waals surface area contributed by atoms with Crippen LogP contribution in [0, 0.1) is 6.92 Å². The Morgan fingerprint density at radius 1 is 1.38 bits per heavy atom. The summed E-state index contributed by atoms with van der Waals surface area (Å²) in [6.07, 6.45) is 0. The molecule has 2 rings (SSSR count). The Bertz CT molecular complexity index is 476. The van der Waals surface area contributed by atoms with Crippen molar-refractivity contribution in [2.75, 3.05) is 0 Å². The van der Waals surface area contributed by atoms with Gasteiger partial charge in [0.1, 0.15) is 0 Å². The molecule has 2 heterocycles. The molecule has 0 saturated carbocycles. The van der Waals surface area contributed by atoms with Crippen LogP contribution in [0.3, 0.4) is 0 Å². The molecular weight excluding hydrogens is 168 g/mol. The van der Waals surface area contributed by atoms with Gasteiger partial charge < -0.3 is 0 Å². The van der Waals surface area contributed by atoms with Gasteiger partial charge >= 0.3 is 0 Å². The summed E-state index contributed by atoms with van der Waals surface area (Å²) in [5.74, 6) is 0. The van der Waals surface area contributed by atoms with Crippen LogP contribution in [-0.4, -0.2) is 20.0 Å². The predicted octanol–water partition coefficient (Wildman–Crippen LogP) is 0.412. The number of nitrogens with one attached hydrogen (secondary N) is 2. The van der Waals surface area contributed by atoms with E-state index in [1.54, 1.807) is 4.68 Å². The average molecular weight is 178 g/mol. The second-order valence-electron chi connectivity index (χ2n) is 2.97. The van der Waals surface area contributed by atoms with Crippen molar-refractivity contribution in [3.63, 3.8) is 0 Å². The van der Waals surface area contributed by atoms with Gasteiger partial charge in [0.25, 0.3) is 5.56 Å². The second kappa shape index (κ2) is 2.62. The number of nitrogens with zero attached hydrogens (tertiary/aromatic N) is 2. The second-order valence-corrected chi connectivity index (χ2v) is 2.97. The van der Waals surface area contributed by atoms with Gasteiger partial charge in [-0.2, -0.15) is 5.10 Å². The van der Waals surface area contributed by atoms with Gasteiger partial charge in [-0.1, -0.05) is 0 Å². The third-order valence-electron chi connectivity index (χ3n) is 1.87. The van der Waals surface area contributed by atoms with Crippen LogP contribution >= 0.6 is 0 Å². The molecule has 2 N–H and O–H groups in total. The highest BCUT2D eigenvalue weighted by Crippen LogP contribution is 2.14. The maximum absolute atomic E-state index is 10.9. The van der Waals surface area contributed by atoms with Gasteiger partial charge in [0.15, 0.2) is 0 Å². The molecule has 2 aromatic heterocycles. The summed E-state index contributed by atoms with van der Waals surface area (Å²) in [7, 11) is 1.84. The average Bonchev–Trinajstić information content (AvgIpc) is 2.58. The molecule has 0 bridgehead atoms. The van der Waals surface area contributed by atoms with E-state index in [1.807, 2.05) is 20.0 Å². The lowest BCUT2D eigenvalue weighted by Gasteiger charge is -1.95. The van der Waals surface area contributed by atoms with Crippen LogP contribution in [0.2, 0.25) is 0 Å². The van der Waals surface area contributed by atoms with E-state index < -0.39 is 0 Å². The van der Waals surface area contributed by atoms with E-state index in [0.29, 0.717) is 0 Å². The van der Waals surface area contributed by atoms with Crippen molar-refractivity contribution in [2.45, 2.75) is 6.92 Å². The Morgan fingerprint density at radius 2 is 2.15 bits per heavy atom. The zero-order valence-electron chi connectivity index (χ0n) is 7.46. The van der Waals surface area contributed by atoms with E-state index in [-0.39, 0.29) is 5.56 Å². The number of rotatable bonds is 1. The quantitative estimate of drug-likeness (QED) is 0.664. The highest BCUT2D eigenvalue weighted by molar-refractivity contribution is 5.53. The van der Waals surface area contributed by atoms with E-state index in [2.05, 4.69) is 15.3 Å². The largest absolute Gasteiger partial charge is 0.296 e. The summed E-state index contributed by atoms with van der Waals surface area (Å²) in [6.45, 7) is 1.91. The molecule has 0 spiro atoms. The van der Waals surface area contributed by atoms with Gasteiger partial charge in [0, 0.05) is 13.1 Å². The van der Waals surface area contributed by atoms with Gasteiger partial charge in [-0.3, -0.25) is 19.7 Å². The van der Waals surface area contributed by atoms with Crippen molar-refractivity contribution in [2.24, 2.45) is 7.05 Å².